The summed E-state index contributed by atoms with van der Waals surface area (Å²) in [5.74, 6) is 0.295. The number of carbonyl (C=O) groups excluding carboxylic acids is 1. The second-order valence-electron chi connectivity index (χ2n) is 6.83. The minimum Gasteiger partial charge on any atom is -0.338 e. The van der Waals surface area contributed by atoms with Crippen LogP contribution in [0.1, 0.15) is 41.3 Å². The van der Waals surface area contributed by atoms with Gasteiger partial charge in [0.1, 0.15) is 0 Å². The average Bonchev–Trinajstić information content (AvgIpc) is 3.31. The molecular weight excluding hydrogens is 320 g/mol. The van der Waals surface area contributed by atoms with Crippen LogP contribution < -0.4 is 0 Å². The summed E-state index contributed by atoms with van der Waals surface area (Å²) in [5.41, 5.74) is 2.62. The van der Waals surface area contributed by atoms with Crippen molar-refractivity contribution in [2.24, 2.45) is 7.05 Å². The molecule has 1 atom stereocenters. The molecule has 2 aromatic heterocycles. The van der Waals surface area contributed by atoms with Crippen LogP contribution in [-0.2, 0) is 24.8 Å². The van der Waals surface area contributed by atoms with Crippen LogP contribution in [0.3, 0.4) is 0 Å². The number of fused-ring (bicyclic) bond motifs is 1. The highest BCUT2D eigenvalue weighted by Crippen LogP contribution is 2.31. The summed E-state index contributed by atoms with van der Waals surface area (Å²) < 4.78 is 1.86. The Morgan fingerprint density at radius 2 is 2.33 bits per heavy atom. The van der Waals surface area contributed by atoms with Gasteiger partial charge in [-0.1, -0.05) is 0 Å². The van der Waals surface area contributed by atoms with Crippen molar-refractivity contribution in [1.82, 2.24) is 19.6 Å². The van der Waals surface area contributed by atoms with Gasteiger partial charge in [-0.3, -0.25) is 14.4 Å². The van der Waals surface area contributed by atoms with Gasteiger partial charge in [-0.2, -0.15) is 5.10 Å². The lowest BCUT2D eigenvalue weighted by Crippen LogP contribution is -2.37. The number of rotatable bonds is 4. The van der Waals surface area contributed by atoms with E-state index in [0.29, 0.717) is 18.4 Å². The molecule has 1 saturated heterocycles. The molecule has 0 aliphatic carbocycles. The van der Waals surface area contributed by atoms with Crippen molar-refractivity contribution in [3.05, 3.63) is 39.8 Å². The predicted molar refractivity (Wildman–Crippen MR) is 94.8 cm³/mol. The zero-order valence-electron chi connectivity index (χ0n) is 14.1. The molecule has 5 nitrogen and oxygen atoms in total. The largest absolute Gasteiger partial charge is 0.338 e. The molecule has 0 bridgehead atoms. The second kappa shape index (κ2) is 6.69. The lowest BCUT2D eigenvalue weighted by Gasteiger charge is -2.29. The summed E-state index contributed by atoms with van der Waals surface area (Å²) in [7, 11) is 1.96. The van der Waals surface area contributed by atoms with Crippen LogP contribution in [-0.4, -0.2) is 45.1 Å². The Kier molecular flexibility index (Phi) is 4.41. The van der Waals surface area contributed by atoms with Crippen LogP contribution in [0.15, 0.2) is 23.8 Å². The van der Waals surface area contributed by atoms with Gasteiger partial charge in [-0.05, 0) is 42.8 Å². The molecule has 2 aliphatic rings. The highest BCUT2D eigenvalue weighted by atomic mass is 32.1. The Morgan fingerprint density at radius 3 is 3.17 bits per heavy atom. The molecule has 2 aliphatic heterocycles. The van der Waals surface area contributed by atoms with Gasteiger partial charge in [-0.15, -0.1) is 11.3 Å². The van der Waals surface area contributed by atoms with E-state index in [0.717, 1.165) is 32.6 Å². The summed E-state index contributed by atoms with van der Waals surface area (Å²) in [5, 5.41) is 6.44. The van der Waals surface area contributed by atoms with Crippen molar-refractivity contribution in [2.75, 3.05) is 19.6 Å². The van der Waals surface area contributed by atoms with E-state index in [-0.39, 0.29) is 0 Å². The molecule has 0 aromatic carbocycles. The lowest BCUT2D eigenvalue weighted by atomic mass is 10.1. The Bertz CT molecular complexity index is 722. The van der Waals surface area contributed by atoms with Gasteiger partial charge < -0.3 is 4.90 Å². The Hall–Kier alpha value is -1.66. The maximum atomic E-state index is 12.6. The first-order valence-corrected chi connectivity index (χ1v) is 9.64. The third-order valence-electron chi connectivity index (χ3n) is 5.25. The fourth-order valence-corrected chi connectivity index (χ4v) is 4.83. The van der Waals surface area contributed by atoms with E-state index in [9.17, 15) is 4.79 Å². The SMILES string of the molecule is Cn1cc([C@H]2CCCN2CCC(=O)N2CCc3sccc3C2)cn1. The maximum absolute atomic E-state index is 12.6. The van der Waals surface area contributed by atoms with Crippen LogP contribution in [0, 0.1) is 0 Å². The average molecular weight is 344 g/mol. The summed E-state index contributed by atoms with van der Waals surface area (Å²) in [6.07, 6.45) is 8.08. The first kappa shape index (κ1) is 15.8. The van der Waals surface area contributed by atoms with Gasteiger partial charge in [0, 0.05) is 55.8 Å². The van der Waals surface area contributed by atoms with Crippen molar-refractivity contribution in [3.63, 3.8) is 0 Å². The number of thiophene rings is 1. The molecule has 1 amide bonds. The Balaban J connectivity index is 1.34. The van der Waals surface area contributed by atoms with Crippen LogP contribution in [0.4, 0.5) is 0 Å². The van der Waals surface area contributed by atoms with Gasteiger partial charge in [0.15, 0.2) is 0 Å². The van der Waals surface area contributed by atoms with Crippen molar-refractivity contribution in [1.29, 1.82) is 0 Å². The third-order valence-corrected chi connectivity index (χ3v) is 6.27. The van der Waals surface area contributed by atoms with E-state index in [2.05, 4.69) is 27.6 Å². The minimum absolute atomic E-state index is 0.295. The fraction of sp³-hybridized carbons (Fsp3) is 0.556. The number of hydrogen-bond acceptors (Lipinski definition) is 4. The van der Waals surface area contributed by atoms with Gasteiger partial charge >= 0.3 is 0 Å². The van der Waals surface area contributed by atoms with Gasteiger partial charge in [-0.25, -0.2) is 0 Å². The van der Waals surface area contributed by atoms with Crippen molar-refractivity contribution in [2.45, 2.75) is 38.3 Å². The van der Waals surface area contributed by atoms with E-state index in [4.69, 9.17) is 0 Å². The van der Waals surface area contributed by atoms with E-state index >= 15 is 0 Å². The van der Waals surface area contributed by atoms with Gasteiger partial charge in [0.2, 0.25) is 5.91 Å². The van der Waals surface area contributed by atoms with Gasteiger partial charge in [0.05, 0.1) is 6.20 Å². The highest BCUT2D eigenvalue weighted by Gasteiger charge is 2.28. The van der Waals surface area contributed by atoms with E-state index in [1.807, 2.05) is 34.2 Å². The number of aryl methyl sites for hydroxylation is 1. The minimum atomic E-state index is 0.295. The molecule has 0 radical (unpaired) electrons. The van der Waals surface area contributed by atoms with Crippen LogP contribution in [0.25, 0.3) is 0 Å². The molecule has 0 saturated carbocycles. The molecular formula is C18H24N4OS. The molecule has 6 heteroatoms. The smallest absolute Gasteiger partial charge is 0.224 e. The molecule has 0 N–H and O–H groups in total. The third kappa shape index (κ3) is 3.13. The molecule has 4 heterocycles. The van der Waals surface area contributed by atoms with E-state index < -0.39 is 0 Å². The fourth-order valence-electron chi connectivity index (χ4n) is 3.94. The normalized spacial score (nSPS) is 21.2. The zero-order valence-corrected chi connectivity index (χ0v) is 15.0. The first-order valence-electron chi connectivity index (χ1n) is 8.76. The molecule has 1 fully saturated rings. The van der Waals surface area contributed by atoms with Crippen molar-refractivity contribution >= 4 is 17.2 Å². The summed E-state index contributed by atoms with van der Waals surface area (Å²) in [6, 6.07) is 2.59. The summed E-state index contributed by atoms with van der Waals surface area (Å²) in [4.78, 5) is 18.6. The van der Waals surface area contributed by atoms with Crippen molar-refractivity contribution < 1.29 is 4.79 Å². The lowest BCUT2D eigenvalue weighted by molar-refractivity contribution is -0.132. The molecule has 4 rings (SSSR count). The van der Waals surface area contributed by atoms with Crippen molar-refractivity contribution in [3.8, 4) is 0 Å². The predicted octanol–water partition coefficient (Wildman–Crippen LogP) is 2.59. The molecule has 0 spiro atoms. The van der Waals surface area contributed by atoms with Crippen LogP contribution in [0.2, 0.25) is 0 Å². The maximum Gasteiger partial charge on any atom is 0.224 e. The molecule has 0 unspecified atom stereocenters. The molecule has 128 valence electrons. The standard InChI is InChI=1S/C18H24N4OS/c1-20-12-15(11-19-20)16-3-2-7-21(16)9-5-18(23)22-8-4-17-14(13-22)6-10-24-17/h6,10-12,16H,2-5,7-9,13H2,1H3/t16-/m1/s1. The Labute approximate surface area is 146 Å². The number of likely N-dealkylation sites (tertiary alicyclic amines) is 1. The van der Waals surface area contributed by atoms with E-state index in [1.54, 1.807) is 0 Å². The molecule has 2 aromatic rings. The monoisotopic (exact) mass is 344 g/mol. The van der Waals surface area contributed by atoms with Crippen LogP contribution in [0.5, 0.6) is 0 Å². The second-order valence-corrected chi connectivity index (χ2v) is 7.83. The number of nitrogens with zero attached hydrogens (tertiary/aromatic N) is 4. The quantitative estimate of drug-likeness (QED) is 0.856. The number of hydrogen-bond donors (Lipinski definition) is 0. The number of carbonyl (C=O) groups is 1. The first-order chi connectivity index (χ1) is 11.7. The van der Waals surface area contributed by atoms with E-state index in [1.165, 1.54) is 28.8 Å². The number of aromatic nitrogens is 2. The summed E-state index contributed by atoms with van der Waals surface area (Å²) >= 11 is 1.82. The highest BCUT2D eigenvalue weighted by molar-refractivity contribution is 7.10. The van der Waals surface area contributed by atoms with Crippen LogP contribution >= 0.6 is 11.3 Å². The Morgan fingerprint density at radius 1 is 1.42 bits per heavy atom. The number of amides is 1. The van der Waals surface area contributed by atoms with Gasteiger partial charge in [0.25, 0.3) is 0 Å². The zero-order chi connectivity index (χ0) is 16.5. The molecule has 24 heavy (non-hydrogen) atoms. The summed E-state index contributed by atoms with van der Waals surface area (Å²) in [6.45, 7) is 3.61. The topological polar surface area (TPSA) is 41.4 Å².